The molecule has 1 aromatic heterocycles. The van der Waals surface area contributed by atoms with Crippen molar-refractivity contribution in [2.45, 2.75) is 51.5 Å². The molecule has 2 aromatic carbocycles. The van der Waals surface area contributed by atoms with Gasteiger partial charge in [-0.1, -0.05) is 45.0 Å². The summed E-state index contributed by atoms with van der Waals surface area (Å²) in [4.78, 5) is 18.7. The van der Waals surface area contributed by atoms with E-state index in [1.807, 2.05) is 25.2 Å². The third kappa shape index (κ3) is 4.20. The molecule has 0 N–H and O–H groups in total. The van der Waals surface area contributed by atoms with Crippen LogP contribution in [-0.2, 0) is 16.8 Å². The van der Waals surface area contributed by atoms with Crippen molar-refractivity contribution < 1.29 is 9.53 Å². The highest BCUT2D eigenvalue weighted by molar-refractivity contribution is 5.80. The number of carbonyl (C=O) groups excluding carboxylic acids is 1. The summed E-state index contributed by atoms with van der Waals surface area (Å²) in [5, 5.41) is 0. The van der Waals surface area contributed by atoms with Gasteiger partial charge in [0.2, 0.25) is 5.91 Å². The Balaban J connectivity index is 1.43. The molecule has 1 amide bonds. The number of ether oxygens (including phenoxy) is 1. The molecule has 0 saturated carbocycles. The van der Waals surface area contributed by atoms with Gasteiger partial charge in [0.05, 0.1) is 17.6 Å². The van der Waals surface area contributed by atoms with Crippen LogP contribution >= 0.6 is 0 Å². The van der Waals surface area contributed by atoms with Gasteiger partial charge in [-0.3, -0.25) is 4.79 Å². The minimum atomic E-state index is 0.146. The van der Waals surface area contributed by atoms with Gasteiger partial charge in [-0.05, 0) is 41.7 Å². The standard InChI is InChI=1S/C25H31N3O2/c1-25(2,3)19-10-12-20(13-11-19)30-15-7-14-28-22-9-6-5-8-21(22)26-24(28)18-16-23(29)27(4)17-18/h5-6,8-13,18H,7,14-17H2,1-4H3. The van der Waals surface area contributed by atoms with Crippen LogP contribution in [0.2, 0.25) is 0 Å². The van der Waals surface area contributed by atoms with Gasteiger partial charge in [-0.2, -0.15) is 0 Å². The number of hydrogen-bond acceptors (Lipinski definition) is 3. The normalized spacial score (nSPS) is 17.1. The molecule has 0 bridgehead atoms. The van der Waals surface area contributed by atoms with Crippen LogP contribution in [0, 0.1) is 0 Å². The molecule has 1 atom stereocenters. The van der Waals surface area contributed by atoms with Gasteiger partial charge in [0, 0.05) is 32.5 Å². The van der Waals surface area contributed by atoms with E-state index in [4.69, 9.17) is 9.72 Å². The number of likely N-dealkylation sites (N-methyl/N-ethyl adjacent to an activating group) is 1. The fraction of sp³-hybridized carbons (Fsp3) is 0.440. The number of aryl methyl sites for hydroxylation is 1. The molecule has 1 aliphatic heterocycles. The molecule has 30 heavy (non-hydrogen) atoms. The molecule has 0 spiro atoms. The molecular weight excluding hydrogens is 374 g/mol. The number of rotatable bonds is 6. The highest BCUT2D eigenvalue weighted by atomic mass is 16.5. The van der Waals surface area contributed by atoms with Crippen molar-refractivity contribution in [2.24, 2.45) is 0 Å². The van der Waals surface area contributed by atoms with E-state index in [1.54, 1.807) is 4.90 Å². The summed E-state index contributed by atoms with van der Waals surface area (Å²) in [5.41, 5.74) is 3.57. The zero-order chi connectivity index (χ0) is 21.3. The van der Waals surface area contributed by atoms with E-state index in [2.05, 4.69) is 55.7 Å². The van der Waals surface area contributed by atoms with Gasteiger partial charge in [0.1, 0.15) is 11.6 Å². The van der Waals surface area contributed by atoms with Crippen LogP contribution in [0.15, 0.2) is 48.5 Å². The highest BCUT2D eigenvalue weighted by Crippen LogP contribution is 2.30. The van der Waals surface area contributed by atoms with Crippen molar-refractivity contribution in [3.63, 3.8) is 0 Å². The lowest BCUT2D eigenvalue weighted by Crippen LogP contribution is -2.19. The molecule has 1 saturated heterocycles. The topological polar surface area (TPSA) is 47.4 Å². The summed E-state index contributed by atoms with van der Waals surface area (Å²) in [7, 11) is 1.87. The van der Waals surface area contributed by atoms with E-state index in [0.717, 1.165) is 42.1 Å². The number of aromatic nitrogens is 2. The number of likely N-dealkylation sites (tertiary alicyclic amines) is 1. The Hall–Kier alpha value is -2.82. The lowest BCUT2D eigenvalue weighted by atomic mass is 9.87. The lowest BCUT2D eigenvalue weighted by molar-refractivity contribution is -0.126. The van der Waals surface area contributed by atoms with Crippen LogP contribution in [0.5, 0.6) is 5.75 Å². The second kappa shape index (κ2) is 8.13. The monoisotopic (exact) mass is 405 g/mol. The molecule has 1 fully saturated rings. The maximum absolute atomic E-state index is 12.1. The van der Waals surface area contributed by atoms with E-state index >= 15 is 0 Å². The second-order valence-corrected chi connectivity index (χ2v) is 9.26. The number of hydrogen-bond donors (Lipinski definition) is 0. The molecule has 0 aliphatic carbocycles. The van der Waals surface area contributed by atoms with E-state index in [0.29, 0.717) is 13.0 Å². The number of carbonyl (C=O) groups is 1. The molecule has 5 nitrogen and oxygen atoms in total. The van der Waals surface area contributed by atoms with Gasteiger partial charge in [0.15, 0.2) is 0 Å². The molecule has 0 radical (unpaired) electrons. The first-order valence-electron chi connectivity index (χ1n) is 10.8. The quantitative estimate of drug-likeness (QED) is 0.556. The number of amides is 1. The zero-order valence-electron chi connectivity index (χ0n) is 18.4. The Labute approximate surface area is 178 Å². The van der Waals surface area contributed by atoms with Gasteiger partial charge in [-0.25, -0.2) is 4.98 Å². The Kier molecular flexibility index (Phi) is 5.54. The summed E-state index contributed by atoms with van der Waals surface area (Å²) in [6, 6.07) is 16.6. The van der Waals surface area contributed by atoms with Gasteiger partial charge in [-0.15, -0.1) is 0 Å². The average molecular weight is 406 g/mol. The van der Waals surface area contributed by atoms with Gasteiger partial charge >= 0.3 is 0 Å². The average Bonchev–Trinajstić information content (AvgIpc) is 3.25. The summed E-state index contributed by atoms with van der Waals surface area (Å²) < 4.78 is 8.26. The Morgan fingerprint density at radius 1 is 1.10 bits per heavy atom. The van der Waals surface area contributed by atoms with E-state index in [1.165, 1.54) is 5.56 Å². The SMILES string of the molecule is CN1CC(c2nc3ccccc3n2CCCOc2ccc(C(C)(C)C)cc2)CC1=O. The van der Waals surface area contributed by atoms with E-state index < -0.39 is 0 Å². The van der Waals surface area contributed by atoms with Gasteiger partial charge < -0.3 is 14.2 Å². The molecule has 158 valence electrons. The van der Waals surface area contributed by atoms with Crippen molar-refractivity contribution in [3.8, 4) is 5.75 Å². The fourth-order valence-corrected chi connectivity index (χ4v) is 4.14. The smallest absolute Gasteiger partial charge is 0.223 e. The predicted octanol–water partition coefficient (Wildman–Crippen LogP) is 4.75. The summed E-state index contributed by atoms with van der Waals surface area (Å²) >= 11 is 0. The minimum Gasteiger partial charge on any atom is -0.494 e. The first-order valence-corrected chi connectivity index (χ1v) is 10.8. The summed E-state index contributed by atoms with van der Waals surface area (Å²) in [6.07, 6.45) is 1.42. The van der Waals surface area contributed by atoms with Crippen molar-refractivity contribution in [2.75, 3.05) is 20.2 Å². The van der Waals surface area contributed by atoms with Crippen LogP contribution in [0.3, 0.4) is 0 Å². The maximum atomic E-state index is 12.1. The number of para-hydroxylation sites is 2. The highest BCUT2D eigenvalue weighted by Gasteiger charge is 2.31. The first-order chi connectivity index (χ1) is 14.3. The molecular formula is C25H31N3O2. The minimum absolute atomic E-state index is 0.146. The Morgan fingerprint density at radius 3 is 2.50 bits per heavy atom. The lowest BCUT2D eigenvalue weighted by Gasteiger charge is -2.19. The third-order valence-electron chi connectivity index (χ3n) is 5.91. The molecule has 2 heterocycles. The largest absolute Gasteiger partial charge is 0.494 e. The van der Waals surface area contributed by atoms with Crippen molar-refractivity contribution in [1.82, 2.24) is 14.5 Å². The van der Waals surface area contributed by atoms with Crippen LogP contribution in [-0.4, -0.2) is 40.6 Å². The van der Waals surface area contributed by atoms with Crippen molar-refractivity contribution >= 4 is 16.9 Å². The zero-order valence-corrected chi connectivity index (χ0v) is 18.4. The number of benzene rings is 2. The maximum Gasteiger partial charge on any atom is 0.223 e. The Morgan fingerprint density at radius 2 is 1.83 bits per heavy atom. The van der Waals surface area contributed by atoms with Crippen LogP contribution in [0.25, 0.3) is 11.0 Å². The fourth-order valence-electron chi connectivity index (χ4n) is 4.14. The Bertz CT molecular complexity index is 1030. The molecule has 3 aromatic rings. The summed E-state index contributed by atoms with van der Waals surface area (Å²) in [6.45, 7) is 8.84. The number of nitrogens with zero attached hydrogens (tertiary/aromatic N) is 3. The van der Waals surface area contributed by atoms with E-state index in [9.17, 15) is 4.79 Å². The van der Waals surface area contributed by atoms with Crippen LogP contribution in [0.1, 0.15) is 50.9 Å². The first kappa shape index (κ1) is 20.5. The molecule has 1 aliphatic rings. The van der Waals surface area contributed by atoms with Gasteiger partial charge in [0.25, 0.3) is 0 Å². The van der Waals surface area contributed by atoms with Crippen LogP contribution < -0.4 is 4.74 Å². The third-order valence-corrected chi connectivity index (χ3v) is 5.91. The molecule has 5 heteroatoms. The van der Waals surface area contributed by atoms with Crippen molar-refractivity contribution in [3.05, 3.63) is 59.9 Å². The summed E-state index contributed by atoms with van der Waals surface area (Å²) in [5.74, 6) is 2.27. The predicted molar refractivity (Wildman–Crippen MR) is 120 cm³/mol. The molecule has 4 rings (SSSR count). The molecule has 1 unspecified atom stereocenters. The van der Waals surface area contributed by atoms with E-state index in [-0.39, 0.29) is 17.2 Å². The van der Waals surface area contributed by atoms with Crippen LogP contribution in [0.4, 0.5) is 0 Å². The van der Waals surface area contributed by atoms with Crippen molar-refractivity contribution in [1.29, 1.82) is 0 Å². The number of fused-ring (bicyclic) bond motifs is 1. The number of imidazole rings is 1. The second-order valence-electron chi connectivity index (χ2n) is 9.26.